The molecule has 3 nitrogen and oxygen atoms in total. The van der Waals surface area contributed by atoms with E-state index in [2.05, 4.69) is 19.9 Å². The van der Waals surface area contributed by atoms with E-state index in [9.17, 15) is 4.79 Å². The summed E-state index contributed by atoms with van der Waals surface area (Å²) in [6, 6.07) is 8.01. The molecule has 1 aromatic rings. The Morgan fingerprint density at radius 2 is 2.05 bits per heavy atom. The molecule has 0 aliphatic rings. The highest BCUT2D eigenvalue weighted by molar-refractivity contribution is 5.69. The van der Waals surface area contributed by atoms with E-state index in [0.29, 0.717) is 24.9 Å². The predicted octanol–water partition coefficient (Wildman–Crippen LogP) is 3.46. The van der Waals surface area contributed by atoms with Crippen LogP contribution in [-0.2, 0) is 16.0 Å². The number of benzene rings is 1. The molecule has 0 amide bonds. The minimum atomic E-state index is -0.107. The highest BCUT2D eigenvalue weighted by Crippen LogP contribution is 2.23. The SMILES string of the molecule is CCOC(=O)CC(Cc1cccc(OC)c1)C(C)C. The predicted molar refractivity (Wildman–Crippen MR) is 76.3 cm³/mol. The Hall–Kier alpha value is -1.51. The zero-order valence-electron chi connectivity index (χ0n) is 12.3. The van der Waals surface area contributed by atoms with Crippen molar-refractivity contribution in [2.45, 2.75) is 33.6 Å². The van der Waals surface area contributed by atoms with Gasteiger partial charge in [0.15, 0.2) is 0 Å². The van der Waals surface area contributed by atoms with Gasteiger partial charge in [0.1, 0.15) is 5.75 Å². The summed E-state index contributed by atoms with van der Waals surface area (Å²) in [7, 11) is 1.66. The first-order valence-electron chi connectivity index (χ1n) is 6.85. The van der Waals surface area contributed by atoms with Gasteiger partial charge in [-0.25, -0.2) is 0 Å². The quantitative estimate of drug-likeness (QED) is 0.707. The van der Waals surface area contributed by atoms with Crippen molar-refractivity contribution >= 4 is 5.97 Å². The topological polar surface area (TPSA) is 35.5 Å². The third-order valence-corrected chi connectivity index (χ3v) is 3.31. The van der Waals surface area contributed by atoms with Crippen molar-refractivity contribution in [3.63, 3.8) is 0 Å². The highest BCUT2D eigenvalue weighted by atomic mass is 16.5. The Bertz CT molecular complexity index is 399. The molecule has 0 aliphatic carbocycles. The fourth-order valence-corrected chi connectivity index (χ4v) is 2.08. The fourth-order valence-electron chi connectivity index (χ4n) is 2.08. The fraction of sp³-hybridized carbons (Fsp3) is 0.562. The van der Waals surface area contributed by atoms with Crippen LogP contribution in [0.4, 0.5) is 0 Å². The number of methoxy groups -OCH3 is 1. The monoisotopic (exact) mass is 264 g/mol. The van der Waals surface area contributed by atoms with Crippen LogP contribution in [0.1, 0.15) is 32.8 Å². The molecular weight excluding hydrogens is 240 g/mol. The van der Waals surface area contributed by atoms with E-state index in [-0.39, 0.29) is 5.97 Å². The van der Waals surface area contributed by atoms with Crippen LogP contribution >= 0.6 is 0 Å². The first-order chi connectivity index (χ1) is 9.06. The first kappa shape index (κ1) is 15.5. The van der Waals surface area contributed by atoms with Gasteiger partial charge in [-0.2, -0.15) is 0 Å². The highest BCUT2D eigenvalue weighted by Gasteiger charge is 2.19. The summed E-state index contributed by atoms with van der Waals surface area (Å²) in [5.41, 5.74) is 1.20. The van der Waals surface area contributed by atoms with Crippen LogP contribution in [0.2, 0.25) is 0 Å². The van der Waals surface area contributed by atoms with Crippen LogP contribution in [0.3, 0.4) is 0 Å². The molecule has 3 heteroatoms. The zero-order valence-corrected chi connectivity index (χ0v) is 12.3. The second-order valence-corrected chi connectivity index (χ2v) is 5.07. The maximum Gasteiger partial charge on any atom is 0.306 e. The number of hydrogen-bond acceptors (Lipinski definition) is 3. The third-order valence-electron chi connectivity index (χ3n) is 3.31. The van der Waals surface area contributed by atoms with Gasteiger partial charge in [0.05, 0.1) is 13.7 Å². The van der Waals surface area contributed by atoms with E-state index in [1.165, 1.54) is 5.56 Å². The molecule has 1 rings (SSSR count). The lowest BCUT2D eigenvalue weighted by atomic mass is 9.86. The van der Waals surface area contributed by atoms with Crippen LogP contribution in [0.25, 0.3) is 0 Å². The molecule has 0 aliphatic heterocycles. The molecule has 0 radical (unpaired) electrons. The number of hydrogen-bond donors (Lipinski definition) is 0. The van der Waals surface area contributed by atoms with Gasteiger partial charge in [0.25, 0.3) is 0 Å². The van der Waals surface area contributed by atoms with Crippen molar-refractivity contribution in [1.82, 2.24) is 0 Å². The molecule has 0 fully saturated rings. The summed E-state index contributed by atoms with van der Waals surface area (Å²) in [5, 5.41) is 0. The van der Waals surface area contributed by atoms with Gasteiger partial charge in [-0.3, -0.25) is 4.79 Å². The summed E-state index contributed by atoms with van der Waals surface area (Å²) in [6.45, 7) is 6.57. The summed E-state index contributed by atoms with van der Waals surface area (Å²) in [5.74, 6) is 1.49. The van der Waals surface area contributed by atoms with Crippen LogP contribution in [-0.4, -0.2) is 19.7 Å². The minimum Gasteiger partial charge on any atom is -0.497 e. The van der Waals surface area contributed by atoms with Gasteiger partial charge in [0.2, 0.25) is 0 Å². The van der Waals surface area contributed by atoms with E-state index in [1.54, 1.807) is 7.11 Å². The molecule has 0 N–H and O–H groups in total. The lowest BCUT2D eigenvalue weighted by Gasteiger charge is -2.20. The molecule has 0 spiro atoms. The van der Waals surface area contributed by atoms with Gasteiger partial charge in [-0.15, -0.1) is 0 Å². The molecular formula is C16H24O3. The van der Waals surface area contributed by atoms with E-state index in [4.69, 9.17) is 9.47 Å². The van der Waals surface area contributed by atoms with Gasteiger partial charge >= 0.3 is 5.97 Å². The van der Waals surface area contributed by atoms with Crippen molar-refractivity contribution in [1.29, 1.82) is 0 Å². The number of ether oxygens (including phenoxy) is 2. The Balaban J connectivity index is 2.69. The molecule has 0 heterocycles. The van der Waals surface area contributed by atoms with Gasteiger partial charge in [-0.1, -0.05) is 26.0 Å². The van der Waals surface area contributed by atoms with Crippen LogP contribution in [0.15, 0.2) is 24.3 Å². The summed E-state index contributed by atoms with van der Waals surface area (Å²) >= 11 is 0. The number of carbonyl (C=O) groups is 1. The van der Waals surface area contributed by atoms with Gasteiger partial charge < -0.3 is 9.47 Å². The number of esters is 1. The molecule has 0 bridgehead atoms. The van der Waals surface area contributed by atoms with Gasteiger partial charge in [0, 0.05) is 6.42 Å². The van der Waals surface area contributed by atoms with Crippen molar-refractivity contribution in [3.05, 3.63) is 29.8 Å². The lowest BCUT2D eigenvalue weighted by molar-refractivity contribution is -0.144. The molecule has 19 heavy (non-hydrogen) atoms. The second-order valence-electron chi connectivity index (χ2n) is 5.07. The Morgan fingerprint density at radius 3 is 2.63 bits per heavy atom. The Kier molecular flexibility index (Phi) is 6.40. The van der Waals surface area contributed by atoms with Crippen molar-refractivity contribution < 1.29 is 14.3 Å². The van der Waals surface area contributed by atoms with E-state index in [1.807, 2.05) is 25.1 Å². The molecule has 1 aromatic carbocycles. The standard InChI is InChI=1S/C16H24O3/c1-5-19-16(17)11-14(12(2)3)9-13-7-6-8-15(10-13)18-4/h6-8,10,12,14H,5,9,11H2,1-4H3. The first-order valence-corrected chi connectivity index (χ1v) is 6.85. The van der Waals surface area contributed by atoms with E-state index in [0.717, 1.165) is 12.2 Å². The second kappa shape index (κ2) is 7.82. The molecule has 1 unspecified atom stereocenters. The largest absolute Gasteiger partial charge is 0.497 e. The Morgan fingerprint density at radius 1 is 1.32 bits per heavy atom. The third kappa shape index (κ3) is 5.33. The molecule has 0 saturated carbocycles. The zero-order chi connectivity index (χ0) is 14.3. The number of carbonyl (C=O) groups excluding carboxylic acids is 1. The molecule has 0 aromatic heterocycles. The van der Waals surface area contributed by atoms with E-state index >= 15 is 0 Å². The van der Waals surface area contributed by atoms with Crippen LogP contribution in [0.5, 0.6) is 5.75 Å². The Labute approximate surface area is 115 Å². The van der Waals surface area contributed by atoms with E-state index < -0.39 is 0 Å². The van der Waals surface area contributed by atoms with Crippen molar-refractivity contribution in [2.75, 3.05) is 13.7 Å². The van der Waals surface area contributed by atoms with Crippen molar-refractivity contribution in [3.8, 4) is 5.75 Å². The average molecular weight is 264 g/mol. The molecule has 106 valence electrons. The average Bonchev–Trinajstić information content (AvgIpc) is 2.38. The maximum atomic E-state index is 11.6. The van der Waals surface area contributed by atoms with Crippen molar-refractivity contribution in [2.24, 2.45) is 11.8 Å². The smallest absolute Gasteiger partial charge is 0.306 e. The molecule has 1 atom stereocenters. The van der Waals surface area contributed by atoms with Gasteiger partial charge in [-0.05, 0) is 42.9 Å². The summed E-state index contributed by atoms with van der Waals surface area (Å²) in [4.78, 5) is 11.6. The lowest BCUT2D eigenvalue weighted by Crippen LogP contribution is -2.18. The normalized spacial score (nSPS) is 12.3. The minimum absolute atomic E-state index is 0.107. The molecule has 0 saturated heterocycles. The van der Waals surface area contributed by atoms with Crippen LogP contribution in [0, 0.1) is 11.8 Å². The van der Waals surface area contributed by atoms with Crippen LogP contribution < -0.4 is 4.74 Å². The summed E-state index contributed by atoms with van der Waals surface area (Å²) in [6.07, 6.45) is 1.34. The summed E-state index contributed by atoms with van der Waals surface area (Å²) < 4.78 is 10.3. The maximum absolute atomic E-state index is 11.6. The number of rotatable bonds is 7.